The van der Waals surface area contributed by atoms with E-state index in [0.717, 1.165) is 12.2 Å². The fourth-order valence-electron chi connectivity index (χ4n) is 1.97. The van der Waals surface area contributed by atoms with Crippen LogP contribution in [0.2, 0.25) is 0 Å². The number of nitrogens with zero attached hydrogens (tertiary/aromatic N) is 3. The molecule has 2 aromatic heterocycles. The number of nitrogens with one attached hydrogen (secondary N) is 1. The van der Waals surface area contributed by atoms with Gasteiger partial charge in [0.25, 0.3) is 0 Å². The molecule has 9 heteroatoms. The van der Waals surface area contributed by atoms with Crippen molar-refractivity contribution in [2.24, 2.45) is 0 Å². The zero-order valence-electron chi connectivity index (χ0n) is 13.4. The fraction of sp³-hybridized carbons (Fsp3) is 0.333. The molecule has 0 saturated heterocycles. The van der Waals surface area contributed by atoms with E-state index in [1.54, 1.807) is 17.5 Å². The van der Waals surface area contributed by atoms with Gasteiger partial charge in [0, 0.05) is 13.0 Å². The van der Waals surface area contributed by atoms with Crippen molar-refractivity contribution in [3.05, 3.63) is 35.5 Å². The molecule has 0 aliphatic rings. The fourth-order valence-corrected chi connectivity index (χ4v) is 3.53. The standard InChI is InChI=1S/C15H18N4O3S2/c1-4-7-19-11(5-2)17-18-15(19)24-9-12(20)16-13-10(6-8-23-13)14(21)22-3/h4,6,8H,1,5,7,9H2,2-3H3,(H,16,20). The number of hydrogen-bond acceptors (Lipinski definition) is 7. The monoisotopic (exact) mass is 366 g/mol. The van der Waals surface area contributed by atoms with Gasteiger partial charge in [-0.1, -0.05) is 24.8 Å². The van der Waals surface area contributed by atoms with Crippen molar-refractivity contribution in [2.75, 3.05) is 18.2 Å². The highest BCUT2D eigenvalue weighted by molar-refractivity contribution is 7.99. The largest absolute Gasteiger partial charge is 0.465 e. The molecule has 7 nitrogen and oxygen atoms in total. The van der Waals surface area contributed by atoms with E-state index in [-0.39, 0.29) is 11.7 Å². The van der Waals surface area contributed by atoms with Gasteiger partial charge in [-0.3, -0.25) is 4.79 Å². The minimum absolute atomic E-state index is 0.164. The summed E-state index contributed by atoms with van der Waals surface area (Å²) in [6.07, 6.45) is 2.52. The van der Waals surface area contributed by atoms with Crippen LogP contribution in [0.15, 0.2) is 29.3 Å². The molecule has 0 unspecified atom stereocenters. The molecule has 0 spiro atoms. The lowest BCUT2D eigenvalue weighted by molar-refractivity contribution is -0.113. The van der Waals surface area contributed by atoms with Crippen molar-refractivity contribution in [1.82, 2.24) is 14.8 Å². The SMILES string of the molecule is C=CCn1c(CC)nnc1SCC(=O)Nc1sccc1C(=O)OC. The number of esters is 1. The summed E-state index contributed by atoms with van der Waals surface area (Å²) in [4.78, 5) is 23.7. The summed E-state index contributed by atoms with van der Waals surface area (Å²) in [5.74, 6) is 0.317. The third-order valence-corrected chi connectivity index (χ3v) is 4.87. The highest BCUT2D eigenvalue weighted by Gasteiger charge is 2.17. The summed E-state index contributed by atoms with van der Waals surface area (Å²) in [6, 6.07) is 1.62. The molecule has 1 amide bonds. The van der Waals surface area contributed by atoms with Crippen molar-refractivity contribution in [1.29, 1.82) is 0 Å². The summed E-state index contributed by atoms with van der Waals surface area (Å²) < 4.78 is 6.61. The molecular formula is C15H18N4O3S2. The number of carbonyl (C=O) groups excluding carboxylic acids is 2. The Labute approximate surface area is 148 Å². The number of aryl methyl sites for hydroxylation is 1. The number of amides is 1. The molecule has 0 bridgehead atoms. The first-order chi connectivity index (χ1) is 11.6. The number of rotatable bonds is 8. The molecule has 2 aromatic rings. The van der Waals surface area contributed by atoms with Crippen molar-refractivity contribution in [3.63, 3.8) is 0 Å². The van der Waals surface area contributed by atoms with E-state index in [1.807, 2.05) is 11.5 Å². The van der Waals surface area contributed by atoms with Crippen molar-refractivity contribution >= 4 is 40.0 Å². The van der Waals surface area contributed by atoms with Crippen LogP contribution >= 0.6 is 23.1 Å². The predicted molar refractivity (Wildman–Crippen MR) is 94.6 cm³/mol. The van der Waals surface area contributed by atoms with Gasteiger partial charge in [-0.2, -0.15) is 0 Å². The Hall–Kier alpha value is -2.13. The van der Waals surface area contributed by atoms with Crippen LogP contribution in [-0.2, 0) is 22.5 Å². The van der Waals surface area contributed by atoms with E-state index in [4.69, 9.17) is 0 Å². The van der Waals surface area contributed by atoms with E-state index in [0.29, 0.717) is 22.3 Å². The third kappa shape index (κ3) is 4.24. The Morgan fingerprint density at radius 3 is 2.96 bits per heavy atom. The van der Waals surface area contributed by atoms with Crippen LogP contribution in [0.4, 0.5) is 5.00 Å². The molecule has 2 heterocycles. The average molecular weight is 366 g/mol. The first kappa shape index (κ1) is 18.2. The van der Waals surface area contributed by atoms with Gasteiger partial charge >= 0.3 is 5.97 Å². The van der Waals surface area contributed by atoms with Crippen molar-refractivity contribution in [2.45, 2.75) is 25.0 Å². The first-order valence-electron chi connectivity index (χ1n) is 7.22. The van der Waals surface area contributed by atoms with Crippen molar-refractivity contribution < 1.29 is 14.3 Å². The summed E-state index contributed by atoms with van der Waals surface area (Å²) in [5.41, 5.74) is 0.351. The van der Waals surface area contributed by atoms with E-state index >= 15 is 0 Å². The lowest BCUT2D eigenvalue weighted by Crippen LogP contribution is -2.16. The number of aromatic nitrogens is 3. The van der Waals surface area contributed by atoms with Crippen LogP contribution < -0.4 is 5.32 Å². The van der Waals surface area contributed by atoms with Gasteiger partial charge in [0.1, 0.15) is 10.8 Å². The molecule has 0 aromatic carbocycles. The van der Waals surface area contributed by atoms with Crippen LogP contribution in [0.1, 0.15) is 23.1 Å². The number of anilines is 1. The molecule has 0 radical (unpaired) electrons. The van der Waals surface area contributed by atoms with E-state index in [9.17, 15) is 9.59 Å². The van der Waals surface area contributed by atoms with Gasteiger partial charge < -0.3 is 14.6 Å². The summed E-state index contributed by atoms with van der Waals surface area (Å²) in [5, 5.41) is 13.8. The Kier molecular flexibility index (Phi) is 6.56. The molecule has 0 saturated carbocycles. The molecule has 0 fully saturated rings. The number of methoxy groups -OCH3 is 1. The minimum atomic E-state index is -0.475. The molecule has 0 aliphatic heterocycles. The van der Waals surface area contributed by atoms with Crippen LogP contribution in [0, 0.1) is 0 Å². The van der Waals surface area contributed by atoms with E-state index < -0.39 is 5.97 Å². The highest BCUT2D eigenvalue weighted by Crippen LogP contribution is 2.25. The second-order valence-electron chi connectivity index (χ2n) is 4.64. The molecule has 1 N–H and O–H groups in total. The molecular weight excluding hydrogens is 348 g/mol. The number of thioether (sulfide) groups is 1. The number of thiophene rings is 1. The van der Waals surface area contributed by atoms with Gasteiger partial charge in [-0.15, -0.1) is 28.1 Å². The second-order valence-corrected chi connectivity index (χ2v) is 6.50. The Balaban J connectivity index is 1.99. The quantitative estimate of drug-likeness (QED) is 0.439. The Morgan fingerprint density at radius 2 is 2.29 bits per heavy atom. The van der Waals surface area contributed by atoms with Gasteiger partial charge in [0.15, 0.2) is 5.16 Å². The number of carbonyl (C=O) groups is 2. The lowest BCUT2D eigenvalue weighted by atomic mass is 10.3. The summed E-state index contributed by atoms with van der Waals surface area (Å²) in [7, 11) is 1.30. The van der Waals surface area contributed by atoms with Crippen LogP contribution in [0.25, 0.3) is 0 Å². The number of ether oxygens (including phenoxy) is 1. The summed E-state index contributed by atoms with van der Waals surface area (Å²) in [6.45, 7) is 6.31. The zero-order chi connectivity index (χ0) is 17.5. The maximum absolute atomic E-state index is 12.1. The zero-order valence-corrected chi connectivity index (χ0v) is 15.1. The number of hydrogen-bond donors (Lipinski definition) is 1. The molecule has 24 heavy (non-hydrogen) atoms. The van der Waals surface area contributed by atoms with Crippen molar-refractivity contribution in [3.8, 4) is 0 Å². The van der Waals surface area contributed by atoms with Crippen LogP contribution in [0.3, 0.4) is 0 Å². The highest BCUT2D eigenvalue weighted by atomic mass is 32.2. The Bertz CT molecular complexity index is 739. The third-order valence-electron chi connectivity index (χ3n) is 3.08. The topological polar surface area (TPSA) is 86.1 Å². The molecule has 0 aliphatic carbocycles. The van der Waals surface area contributed by atoms with Gasteiger partial charge in [0.05, 0.1) is 18.4 Å². The minimum Gasteiger partial charge on any atom is -0.465 e. The van der Waals surface area contributed by atoms with Gasteiger partial charge in [-0.25, -0.2) is 4.79 Å². The lowest BCUT2D eigenvalue weighted by Gasteiger charge is -2.07. The molecule has 0 atom stereocenters. The van der Waals surface area contributed by atoms with Gasteiger partial charge in [0.2, 0.25) is 5.91 Å². The molecule has 128 valence electrons. The van der Waals surface area contributed by atoms with E-state index in [2.05, 4.69) is 26.8 Å². The maximum atomic E-state index is 12.1. The normalized spacial score (nSPS) is 10.4. The predicted octanol–water partition coefficient (Wildman–Crippen LogP) is 2.61. The van der Waals surface area contributed by atoms with Crippen LogP contribution in [-0.4, -0.2) is 39.5 Å². The smallest absolute Gasteiger partial charge is 0.340 e. The average Bonchev–Trinajstić information content (AvgIpc) is 3.19. The second kappa shape index (κ2) is 8.65. The number of allylic oxidation sites excluding steroid dienone is 1. The van der Waals surface area contributed by atoms with E-state index in [1.165, 1.54) is 30.2 Å². The van der Waals surface area contributed by atoms with Crippen LogP contribution in [0.5, 0.6) is 0 Å². The van der Waals surface area contributed by atoms with Gasteiger partial charge in [-0.05, 0) is 11.4 Å². The maximum Gasteiger partial charge on any atom is 0.340 e. The molecule has 2 rings (SSSR count). The summed E-state index contributed by atoms with van der Waals surface area (Å²) >= 11 is 2.56. The first-order valence-corrected chi connectivity index (χ1v) is 9.08. The Morgan fingerprint density at radius 1 is 1.50 bits per heavy atom.